The number of aryl methyl sites for hydroxylation is 1. The van der Waals surface area contributed by atoms with Gasteiger partial charge in [-0.25, -0.2) is 4.79 Å². The fraction of sp³-hybridized carbons (Fsp3) is 0.625. The highest BCUT2D eigenvalue weighted by Gasteiger charge is 2.62. The summed E-state index contributed by atoms with van der Waals surface area (Å²) in [4.78, 5) is 24.7. The second kappa shape index (κ2) is 4.43. The molecule has 2 aliphatic heterocycles. The van der Waals surface area contributed by atoms with Crippen LogP contribution in [0.2, 0.25) is 0 Å². The number of carbonyl (C=O) groups excluding carboxylic acids is 1. The molecular formula is C16H18O6. The van der Waals surface area contributed by atoms with E-state index >= 15 is 0 Å². The largest absolute Gasteiger partial charge is 0.461 e. The van der Waals surface area contributed by atoms with Gasteiger partial charge in [0.15, 0.2) is 0 Å². The van der Waals surface area contributed by atoms with Gasteiger partial charge in [-0.15, -0.1) is 0 Å². The Morgan fingerprint density at radius 3 is 2.82 bits per heavy atom. The molecule has 4 rings (SSSR count). The third-order valence-corrected chi connectivity index (χ3v) is 4.99. The lowest BCUT2D eigenvalue weighted by molar-refractivity contribution is -0.213. The van der Waals surface area contributed by atoms with Crippen molar-refractivity contribution in [3.05, 3.63) is 27.8 Å². The molecule has 1 saturated carbocycles. The van der Waals surface area contributed by atoms with E-state index < -0.39 is 29.4 Å². The number of carbonyl (C=O) groups is 1. The molecular weight excluding hydrogens is 288 g/mol. The fourth-order valence-corrected chi connectivity index (χ4v) is 4.16. The summed E-state index contributed by atoms with van der Waals surface area (Å²) >= 11 is 0. The lowest BCUT2D eigenvalue weighted by Crippen LogP contribution is -2.52. The molecule has 0 bridgehead atoms. The van der Waals surface area contributed by atoms with Crippen LogP contribution in [0.25, 0.3) is 0 Å². The summed E-state index contributed by atoms with van der Waals surface area (Å²) in [5.41, 5.74) is -0.276. The van der Waals surface area contributed by atoms with E-state index in [1.54, 1.807) is 13.0 Å². The first-order chi connectivity index (χ1) is 10.4. The number of rotatable bonds is 0. The molecule has 1 aromatic rings. The second-order valence-electron chi connectivity index (χ2n) is 6.54. The molecule has 6 nitrogen and oxygen atoms in total. The van der Waals surface area contributed by atoms with Gasteiger partial charge in [-0.3, -0.25) is 4.79 Å². The van der Waals surface area contributed by atoms with Crippen molar-refractivity contribution in [2.24, 2.45) is 5.92 Å². The molecule has 2 fully saturated rings. The van der Waals surface area contributed by atoms with Gasteiger partial charge < -0.3 is 19.0 Å². The van der Waals surface area contributed by atoms with Crippen molar-refractivity contribution < 1.29 is 23.8 Å². The molecule has 1 aliphatic carbocycles. The molecule has 1 N–H and O–H groups in total. The number of hydrogen-bond donors (Lipinski definition) is 1. The standard InChI is InChI=1S/C16H18O6/c1-7-3-4-16(21-7)14-10(18)6-9(17)12(14)13-11(22-16)5-8(2)20-15(13)19/h5,7,9,12,14,17H,3-4,6H2,1-2H3/t7-,9+,12+,14+,16+/m1/s1. The molecule has 0 radical (unpaired) electrons. The van der Waals surface area contributed by atoms with E-state index in [0.717, 1.165) is 6.42 Å². The number of ether oxygens (including phenoxy) is 2. The zero-order chi connectivity index (χ0) is 15.6. The van der Waals surface area contributed by atoms with E-state index in [1.807, 2.05) is 6.92 Å². The first-order valence-corrected chi connectivity index (χ1v) is 7.63. The van der Waals surface area contributed by atoms with Gasteiger partial charge in [0, 0.05) is 24.8 Å². The van der Waals surface area contributed by atoms with Gasteiger partial charge in [-0.05, 0) is 20.3 Å². The van der Waals surface area contributed by atoms with Gasteiger partial charge in [-0.2, -0.15) is 0 Å². The zero-order valence-corrected chi connectivity index (χ0v) is 12.5. The number of ketones is 1. The average molecular weight is 306 g/mol. The molecule has 0 aromatic carbocycles. The molecule has 1 spiro atoms. The molecule has 3 heterocycles. The minimum absolute atomic E-state index is 0.0188. The highest BCUT2D eigenvalue weighted by Crippen LogP contribution is 2.54. The van der Waals surface area contributed by atoms with E-state index in [1.165, 1.54) is 0 Å². The third kappa shape index (κ3) is 1.74. The number of Topliss-reactive ketones (excluding diaryl/α,β-unsaturated/α-hetero) is 1. The quantitative estimate of drug-likeness (QED) is 0.777. The van der Waals surface area contributed by atoms with Crippen LogP contribution in [-0.4, -0.2) is 28.9 Å². The van der Waals surface area contributed by atoms with Crippen LogP contribution in [0.4, 0.5) is 0 Å². The number of aliphatic hydroxyl groups excluding tert-OH is 1. The summed E-state index contributed by atoms with van der Waals surface area (Å²) in [5, 5.41) is 10.3. The average Bonchev–Trinajstić information content (AvgIpc) is 2.91. The molecule has 22 heavy (non-hydrogen) atoms. The molecule has 118 valence electrons. The first kappa shape index (κ1) is 14.0. The van der Waals surface area contributed by atoms with E-state index in [-0.39, 0.29) is 23.9 Å². The van der Waals surface area contributed by atoms with Gasteiger partial charge >= 0.3 is 5.63 Å². The Hall–Kier alpha value is -1.66. The van der Waals surface area contributed by atoms with Crippen LogP contribution < -0.4 is 10.4 Å². The highest BCUT2D eigenvalue weighted by molar-refractivity contribution is 5.87. The van der Waals surface area contributed by atoms with Crippen molar-refractivity contribution in [1.29, 1.82) is 0 Å². The Bertz CT molecular complexity index is 707. The summed E-state index contributed by atoms with van der Waals surface area (Å²) in [6, 6.07) is 1.64. The van der Waals surface area contributed by atoms with Crippen molar-refractivity contribution in [3.8, 4) is 5.75 Å². The zero-order valence-electron chi connectivity index (χ0n) is 12.5. The van der Waals surface area contributed by atoms with E-state index in [4.69, 9.17) is 13.9 Å². The Balaban J connectivity index is 1.93. The van der Waals surface area contributed by atoms with E-state index in [9.17, 15) is 14.7 Å². The van der Waals surface area contributed by atoms with Crippen molar-refractivity contribution in [2.75, 3.05) is 0 Å². The van der Waals surface area contributed by atoms with Crippen LogP contribution in [0, 0.1) is 12.8 Å². The van der Waals surface area contributed by atoms with E-state index in [2.05, 4.69) is 0 Å². The minimum Gasteiger partial charge on any atom is -0.461 e. The van der Waals surface area contributed by atoms with Gasteiger partial charge in [0.25, 0.3) is 0 Å². The summed E-state index contributed by atoms with van der Waals surface area (Å²) in [7, 11) is 0. The highest BCUT2D eigenvalue weighted by atomic mass is 16.7. The summed E-state index contributed by atoms with van der Waals surface area (Å²) < 4.78 is 17.1. The SMILES string of the molecule is Cc1cc2c(c(=O)o1)[C@@H]1[C@@H](O)CC(=O)[C@@H]1[C@]1(CC[C@@H](C)O1)O2. The van der Waals surface area contributed by atoms with Gasteiger partial charge in [0.1, 0.15) is 17.3 Å². The van der Waals surface area contributed by atoms with Gasteiger partial charge in [0.2, 0.25) is 5.79 Å². The normalized spacial score (nSPS) is 39.7. The van der Waals surface area contributed by atoms with Crippen LogP contribution >= 0.6 is 0 Å². The van der Waals surface area contributed by atoms with Crippen LogP contribution in [-0.2, 0) is 9.53 Å². The molecule has 0 unspecified atom stereocenters. The Morgan fingerprint density at radius 2 is 2.14 bits per heavy atom. The lowest BCUT2D eigenvalue weighted by atomic mass is 9.78. The third-order valence-electron chi connectivity index (χ3n) is 4.99. The van der Waals surface area contributed by atoms with Crippen molar-refractivity contribution >= 4 is 5.78 Å². The fourth-order valence-electron chi connectivity index (χ4n) is 4.16. The predicted octanol–water partition coefficient (Wildman–Crippen LogP) is 1.27. The summed E-state index contributed by atoms with van der Waals surface area (Å²) in [5.74, 6) is -1.63. The molecule has 5 atom stereocenters. The van der Waals surface area contributed by atoms with Gasteiger partial charge in [0.05, 0.1) is 23.7 Å². The second-order valence-corrected chi connectivity index (χ2v) is 6.54. The maximum atomic E-state index is 12.4. The maximum Gasteiger partial charge on any atom is 0.343 e. The topological polar surface area (TPSA) is 86.0 Å². The molecule has 1 saturated heterocycles. The van der Waals surface area contributed by atoms with Crippen LogP contribution in [0.15, 0.2) is 15.3 Å². The van der Waals surface area contributed by atoms with Crippen LogP contribution in [0.3, 0.4) is 0 Å². The summed E-state index contributed by atoms with van der Waals surface area (Å²) in [6.45, 7) is 3.60. The predicted molar refractivity (Wildman–Crippen MR) is 74.7 cm³/mol. The Morgan fingerprint density at radius 1 is 1.36 bits per heavy atom. The molecule has 1 aromatic heterocycles. The van der Waals surface area contributed by atoms with E-state index in [0.29, 0.717) is 17.9 Å². The maximum absolute atomic E-state index is 12.4. The number of aliphatic hydroxyl groups is 1. The lowest BCUT2D eigenvalue weighted by Gasteiger charge is -2.42. The minimum atomic E-state index is -1.06. The smallest absolute Gasteiger partial charge is 0.343 e. The Labute approximate surface area is 127 Å². The monoisotopic (exact) mass is 306 g/mol. The summed E-state index contributed by atoms with van der Waals surface area (Å²) in [6.07, 6.45) is 0.455. The van der Waals surface area contributed by atoms with Crippen LogP contribution in [0.5, 0.6) is 5.75 Å². The van der Waals surface area contributed by atoms with Crippen molar-refractivity contribution in [2.45, 2.75) is 57.0 Å². The van der Waals surface area contributed by atoms with Crippen molar-refractivity contribution in [3.63, 3.8) is 0 Å². The Kier molecular flexibility index (Phi) is 2.81. The van der Waals surface area contributed by atoms with Gasteiger partial charge in [-0.1, -0.05) is 0 Å². The molecule has 3 aliphatic rings. The number of fused-ring (bicyclic) bond motifs is 4. The number of hydrogen-bond acceptors (Lipinski definition) is 6. The first-order valence-electron chi connectivity index (χ1n) is 7.63. The molecule has 6 heteroatoms. The molecule has 0 amide bonds. The van der Waals surface area contributed by atoms with Crippen LogP contribution in [0.1, 0.15) is 43.4 Å². The van der Waals surface area contributed by atoms with Crippen molar-refractivity contribution in [1.82, 2.24) is 0 Å².